The fourth-order valence-electron chi connectivity index (χ4n) is 2.50. The molecule has 1 saturated carbocycles. The molecule has 2 heteroatoms. The summed E-state index contributed by atoms with van der Waals surface area (Å²) in [5.41, 5.74) is 1.16. The quantitative estimate of drug-likeness (QED) is 0.867. The van der Waals surface area contributed by atoms with Crippen LogP contribution in [0.25, 0.3) is 0 Å². The minimum absolute atomic E-state index is 0.208. The van der Waals surface area contributed by atoms with Crippen LogP contribution in [0.15, 0.2) is 24.3 Å². The molecule has 0 saturated heterocycles. The van der Waals surface area contributed by atoms with Crippen molar-refractivity contribution >= 4 is 0 Å². The van der Waals surface area contributed by atoms with Gasteiger partial charge < -0.3 is 9.84 Å². The van der Waals surface area contributed by atoms with E-state index in [-0.39, 0.29) is 6.61 Å². The van der Waals surface area contributed by atoms with Crippen molar-refractivity contribution < 1.29 is 9.84 Å². The summed E-state index contributed by atoms with van der Waals surface area (Å²) in [6, 6.07) is 8.12. The molecule has 1 N–H and O–H groups in total. The van der Waals surface area contributed by atoms with E-state index in [0.29, 0.717) is 12.0 Å². The van der Waals surface area contributed by atoms with Crippen LogP contribution >= 0.6 is 0 Å². The zero-order chi connectivity index (χ0) is 12.1. The summed E-state index contributed by atoms with van der Waals surface area (Å²) in [6.45, 7) is 2.49. The normalized spacial score (nSPS) is 24.6. The highest BCUT2D eigenvalue weighted by Gasteiger charge is 2.22. The van der Waals surface area contributed by atoms with Crippen LogP contribution in [0.3, 0.4) is 0 Å². The van der Waals surface area contributed by atoms with Gasteiger partial charge >= 0.3 is 0 Å². The predicted molar refractivity (Wildman–Crippen MR) is 69.3 cm³/mol. The molecule has 0 spiro atoms. The Morgan fingerprint density at radius 2 is 1.88 bits per heavy atom. The Labute approximate surface area is 104 Å². The number of hydrogen-bond acceptors (Lipinski definition) is 2. The van der Waals surface area contributed by atoms with Gasteiger partial charge in [0.1, 0.15) is 11.9 Å². The number of benzene rings is 1. The standard InChI is InChI=1S/C15H22O2/c1-12-4-2-3-5-15(12)17-14-8-6-13(7-9-14)10-11-16/h6-9,12,15-16H,2-5,10-11H2,1H3/t12-,15+/m0/s1. The maximum Gasteiger partial charge on any atom is 0.119 e. The topological polar surface area (TPSA) is 29.5 Å². The molecule has 1 aliphatic rings. The Morgan fingerprint density at radius 1 is 1.18 bits per heavy atom. The first-order valence-electron chi connectivity index (χ1n) is 6.66. The molecule has 2 atom stereocenters. The number of ether oxygens (including phenoxy) is 1. The number of aliphatic hydroxyl groups excluding tert-OH is 1. The molecular weight excluding hydrogens is 212 g/mol. The Hall–Kier alpha value is -1.02. The Balaban J connectivity index is 1.93. The van der Waals surface area contributed by atoms with E-state index in [0.717, 1.165) is 17.7 Å². The predicted octanol–water partition coefficient (Wildman–Crippen LogP) is 3.18. The molecular formula is C15H22O2. The lowest BCUT2D eigenvalue weighted by Gasteiger charge is -2.29. The van der Waals surface area contributed by atoms with Crippen molar-refractivity contribution in [1.82, 2.24) is 0 Å². The molecule has 17 heavy (non-hydrogen) atoms. The van der Waals surface area contributed by atoms with Gasteiger partial charge in [-0.3, -0.25) is 0 Å². The highest BCUT2D eigenvalue weighted by Crippen LogP contribution is 2.28. The van der Waals surface area contributed by atoms with Gasteiger partial charge in [0.15, 0.2) is 0 Å². The molecule has 1 fully saturated rings. The van der Waals surface area contributed by atoms with Crippen molar-refractivity contribution in [1.29, 1.82) is 0 Å². The summed E-state index contributed by atoms with van der Waals surface area (Å²) in [7, 11) is 0. The second-order valence-corrected chi connectivity index (χ2v) is 5.04. The molecule has 2 rings (SSSR count). The van der Waals surface area contributed by atoms with Crippen LogP contribution in [0.4, 0.5) is 0 Å². The van der Waals surface area contributed by atoms with Crippen LogP contribution in [-0.2, 0) is 6.42 Å². The SMILES string of the molecule is C[C@H]1CCCC[C@H]1Oc1ccc(CCO)cc1. The van der Waals surface area contributed by atoms with Crippen molar-refractivity contribution in [3.8, 4) is 5.75 Å². The zero-order valence-corrected chi connectivity index (χ0v) is 10.6. The molecule has 2 nitrogen and oxygen atoms in total. The van der Waals surface area contributed by atoms with Crippen molar-refractivity contribution in [2.24, 2.45) is 5.92 Å². The van der Waals surface area contributed by atoms with Crippen LogP contribution in [0, 0.1) is 5.92 Å². The van der Waals surface area contributed by atoms with E-state index < -0.39 is 0 Å². The second kappa shape index (κ2) is 6.06. The molecule has 1 aromatic rings. The van der Waals surface area contributed by atoms with Crippen molar-refractivity contribution in [2.45, 2.75) is 45.1 Å². The van der Waals surface area contributed by atoms with E-state index in [9.17, 15) is 0 Å². The van der Waals surface area contributed by atoms with Gasteiger partial charge in [-0.05, 0) is 49.3 Å². The molecule has 0 amide bonds. The third-order valence-electron chi connectivity index (χ3n) is 3.64. The first-order valence-corrected chi connectivity index (χ1v) is 6.66. The summed E-state index contributed by atoms with van der Waals surface area (Å²) in [6.07, 6.45) is 6.20. The lowest BCUT2D eigenvalue weighted by molar-refractivity contribution is 0.102. The van der Waals surface area contributed by atoms with Crippen LogP contribution < -0.4 is 4.74 Å². The van der Waals surface area contributed by atoms with Gasteiger partial charge in [-0.2, -0.15) is 0 Å². The Bertz CT molecular complexity index is 331. The third kappa shape index (κ3) is 3.47. The van der Waals surface area contributed by atoms with Crippen molar-refractivity contribution in [3.63, 3.8) is 0 Å². The molecule has 0 heterocycles. The lowest BCUT2D eigenvalue weighted by atomic mass is 9.88. The van der Waals surface area contributed by atoms with E-state index in [4.69, 9.17) is 9.84 Å². The van der Waals surface area contributed by atoms with Crippen molar-refractivity contribution in [3.05, 3.63) is 29.8 Å². The molecule has 0 radical (unpaired) electrons. The number of aliphatic hydroxyl groups is 1. The minimum atomic E-state index is 0.208. The van der Waals surface area contributed by atoms with E-state index >= 15 is 0 Å². The third-order valence-corrected chi connectivity index (χ3v) is 3.64. The van der Waals surface area contributed by atoms with E-state index in [1.54, 1.807) is 0 Å². The summed E-state index contributed by atoms with van der Waals surface area (Å²) in [5.74, 6) is 1.63. The van der Waals surface area contributed by atoms with Crippen LogP contribution in [0.1, 0.15) is 38.2 Å². The molecule has 0 bridgehead atoms. The first-order chi connectivity index (χ1) is 8.29. The maximum absolute atomic E-state index is 8.85. The van der Waals surface area contributed by atoms with E-state index in [2.05, 4.69) is 6.92 Å². The Morgan fingerprint density at radius 3 is 2.53 bits per heavy atom. The van der Waals surface area contributed by atoms with Gasteiger partial charge in [0.25, 0.3) is 0 Å². The molecule has 0 aromatic heterocycles. The van der Waals surface area contributed by atoms with E-state index in [1.165, 1.54) is 25.7 Å². The summed E-state index contributed by atoms with van der Waals surface area (Å²) < 4.78 is 6.04. The average Bonchev–Trinajstić information content (AvgIpc) is 2.35. The second-order valence-electron chi connectivity index (χ2n) is 5.04. The monoisotopic (exact) mass is 234 g/mol. The van der Waals surface area contributed by atoms with E-state index in [1.807, 2.05) is 24.3 Å². The highest BCUT2D eigenvalue weighted by molar-refractivity contribution is 5.27. The van der Waals surface area contributed by atoms with Crippen molar-refractivity contribution in [2.75, 3.05) is 6.61 Å². The smallest absolute Gasteiger partial charge is 0.119 e. The molecule has 0 aliphatic heterocycles. The van der Waals surface area contributed by atoms with Crippen LogP contribution in [-0.4, -0.2) is 17.8 Å². The van der Waals surface area contributed by atoms with Crippen LogP contribution in [0.2, 0.25) is 0 Å². The van der Waals surface area contributed by atoms with Gasteiger partial charge in [-0.1, -0.05) is 25.5 Å². The molecule has 94 valence electrons. The van der Waals surface area contributed by atoms with Gasteiger partial charge in [0.05, 0.1) is 0 Å². The Kier molecular flexibility index (Phi) is 4.43. The maximum atomic E-state index is 8.85. The van der Waals surface area contributed by atoms with Gasteiger partial charge in [-0.15, -0.1) is 0 Å². The highest BCUT2D eigenvalue weighted by atomic mass is 16.5. The minimum Gasteiger partial charge on any atom is -0.490 e. The zero-order valence-electron chi connectivity index (χ0n) is 10.6. The lowest BCUT2D eigenvalue weighted by Crippen LogP contribution is -2.28. The molecule has 1 aromatic carbocycles. The number of hydrogen-bond donors (Lipinski definition) is 1. The summed E-state index contributed by atoms with van der Waals surface area (Å²) >= 11 is 0. The fourth-order valence-corrected chi connectivity index (χ4v) is 2.50. The van der Waals surface area contributed by atoms with Crippen LogP contribution in [0.5, 0.6) is 5.75 Å². The average molecular weight is 234 g/mol. The molecule has 1 aliphatic carbocycles. The van der Waals surface area contributed by atoms with Gasteiger partial charge in [0.2, 0.25) is 0 Å². The molecule has 0 unspecified atom stereocenters. The fraction of sp³-hybridized carbons (Fsp3) is 0.600. The first kappa shape index (κ1) is 12.4. The summed E-state index contributed by atoms with van der Waals surface area (Å²) in [5, 5.41) is 8.85. The van der Waals surface area contributed by atoms with Gasteiger partial charge in [0, 0.05) is 6.61 Å². The van der Waals surface area contributed by atoms with Gasteiger partial charge in [-0.25, -0.2) is 0 Å². The number of rotatable bonds is 4. The summed E-state index contributed by atoms with van der Waals surface area (Å²) in [4.78, 5) is 0. The largest absolute Gasteiger partial charge is 0.490 e.